The number of ether oxygens (including phenoxy) is 1. The molecule has 7 nitrogen and oxygen atoms in total. The summed E-state index contributed by atoms with van der Waals surface area (Å²) in [5.41, 5.74) is 1.81. The van der Waals surface area contributed by atoms with E-state index in [0.29, 0.717) is 29.4 Å². The zero-order chi connectivity index (χ0) is 19.4. The van der Waals surface area contributed by atoms with Crippen molar-refractivity contribution >= 4 is 28.8 Å². The summed E-state index contributed by atoms with van der Waals surface area (Å²) in [6.07, 6.45) is 0.879. The lowest BCUT2D eigenvalue weighted by atomic mass is 9.92. The Labute approximate surface area is 158 Å². The Morgan fingerprint density at radius 2 is 2.12 bits per heavy atom. The summed E-state index contributed by atoms with van der Waals surface area (Å²) in [7, 11) is 0. The van der Waals surface area contributed by atoms with Crippen molar-refractivity contribution in [1.29, 1.82) is 0 Å². The van der Waals surface area contributed by atoms with Gasteiger partial charge in [-0.1, -0.05) is 13.0 Å². The number of benzene rings is 1. The number of allylic oxidation sites excluding steroid dienone is 1. The van der Waals surface area contributed by atoms with E-state index in [1.165, 1.54) is 13.0 Å². The Bertz CT molecular complexity index is 776. The van der Waals surface area contributed by atoms with Crippen LogP contribution in [0.3, 0.4) is 0 Å². The van der Waals surface area contributed by atoms with E-state index in [0.717, 1.165) is 12.1 Å². The standard InChI is InChI=1S/C18H23N3O4S/c1-5-9-20-11(3)16(12(4)22)17(19-18(20)26)13-7-8-15(25-6-2)14(10-13)21(23)24/h7-8,10,17H,5-6,9H2,1-4H3,(H,19,26). The van der Waals surface area contributed by atoms with E-state index < -0.39 is 11.0 Å². The molecule has 0 bridgehead atoms. The smallest absolute Gasteiger partial charge is 0.311 e. The van der Waals surface area contributed by atoms with Gasteiger partial charge >= 0.3 is 5.69 Å². The molecule has 0 fully saturated rings. The second kappa shape index (κ2) is 8.27. The first-order valence-electron chi connectivity index (χ1n) is 8.52. The highest BCUT2D eigenvalue weighted by Gasteiger charge is 2.33. The van der Waals surface area contributed by atoms with Gasteiger partial charge in [-0.25, -0.2) is 0 Å². The molecule has 0 amide bonds. The molecule has 1 aliphatic rings. The van der Waals surface area contributed by atoms with Crippen LogP contribution in [0.15, 0.2) is 29.5 Å². The Morgan fingerprint density at radius 3 is 2.65 bits per heavy atom. The van der Waals surface area contributed by atoms with Crippen molar-refractivity contribution in [2.24, 2.45) is 0 Å². The highest BCUT2D eigenvalue weighted by molar-refractivity contribution is 7.80. The fourth-order valence-electron chi connectivity index (χ4n) is 3.12. The number of carbonyl (C=O) groups is 1. The molecule has 140 valence electrons. The summed E-state index contributed by atoms with van der Waals surface area (Å²) in [4.78, 5) is 25.1. The molecular weight excluding hydrogens is 354 g/mol. The van der Waals surface area contributed by atoms with Crippen molar-refractivity contribution in [3.8, 4) is 5.75 Å². The minimum absolute atomic E-state index is 0.0971. The molecule has 1 N–H and O–H groups in total. The molecule has 1 aromatic rings. The van der Waals surface area contributed by atoms with E-state index in [1.807, 2.05) is 18.7 Å². The quantitative estimate of drug-likeness (QED) is 0.442. The van der Waals surface area contributed by atoms with Gasteiger partial charge in [0.25, 0.3) is 0 Å². The van der Waals surface area contributed by atoms with Crippen molar-refractivity contribution in [3.05, 3.63) is 45.1 Å². The van der Waals surface area contributed by atoms with Crippen molar-refractivity contribution in [2.45, 2.75) is 40.2 Å². The maximum atomic E-state index is 12.3. The molecule has 8 heteroatoms. The minimum atomic E-state index is -0.525. The lowest BCUT2D eigenvalue weighted by Gasteiger charge is -2.37. The molecule has 1 aromatic carbocycles. The van der Waals surface area contributed by atoms with E-state index in [2.05, 4.69) is 5.32 Å². The van der Waals surface area contributed by atoms with E-state index >= 15 is 0 Å². The average Bonchev–Trinajstić information content (AvgIpc) is 2.58. The molecule has 0 aliphatic carbocycles. The zero-order valence-electron chi connectivity index (χ0n) is 15.4. The van der Waals surface area contributed by atoms with Crippen LogP contribution >= 0.6 is 12.2 Å². The first kappa shape index (κ1) is 19.8. The number of carbonyl (C=O) groups excluding carboxylic acids is 1. The summed E-state index contributed by atoms with van der Waals surface area (Å²) >= 11 is 5.45. The summed E-state index contributed by atoms with van der Waals surface area (Å²) in [5, 5.41) is 15.1. The third kappa shape index (κ3) is 3.85. The number of nitro benzene ring substituents is 1. The molecule has 0 spiro atoms. The van der Waals surface area contributed by atoms with Gasteiger partial charge in [-0.15, -0.1) is 0 Å². The molecule has 0 saturated heterocycles. The van der Waals surface area contributed by atoms with Crippen LogP contribution in [0.2, 0.25) is 0 Å². The fraction of sp³-hybridized carbons (Fsp3) is 0.444. The van der Waals surface area contributed by atoms with Gasteiger partial charge in [-0.2, -0.15) is 0 Å². The van der Waals surface area contributed by atoms with Crippen molar-refractivity contribution in [1.82, 2.24) is 10.2 Å². The average molecular weight is 377 g/mol. The molecule has 1 heterocycles. The SMILES string of the molecule is CCCN1C(=S)NC(c2ccc(OCC)c([N+](=O)[O-])c2)C(C(C)=O)=C1C. The fourth-order valence-corrected chi connectivity index (χ4v) is 3.46. The van der Waals surface area contributed by atoms with Gasteiger partial charge in [0.15, 0.2) is 16.6 Å². The van der Waals surface area contributed by atoms with Gasteiger partial charge in [0, 0.05) is 23.9 Å². The van der Waals surface area contributed by atoms with Crippen molar-refractivity contribution < 1.29 is 14.5 Å². The van der Waals surface area contributed by atoms with E-state index in [-0.39, 0.29) is 17.2 Å². The molecule has 1 aliphatic heterocycles. The van der Waals surface area contributed by atoms with Crippen LogP contribution < -0.4 is 10.1 Å². The normalized spacial score (nSPS) is 17.2. The first-order chi connectivity index (χ1) is 12.3. The van der Waals surface area contributed by atoms with Gasteiger partial charge in [-0.3, -0.25) is 14.9 Å². The van der Waals surface area contributed by atoms with Gasteiger partial charge < -0.3 is 15.0 Å². The highest BCUT2D eigenvalue weighted by Crippen LogP contribution is 2.36. The van der Waals surface area contributed by atoms with Gasteiger partial charge in [0.2, 0.25) is 0 Å². The third-order valence-corrected chi connectivity index (χ3v) is 4.57. The Kier molecular flexibility index (Phi) is 6.31. The summed E-state index contributed by atoms with van der Waals surface area (Å²) < 4.78 is 5.33. The molecule has 1 unspecified atom stereocenters. The molecular formula is C18H23N3O4S. The molecule has 0 aromatic heterocycles. The number of nitro groups is 1. The van der Waals surface area contributed by atoms with Crippen LogP contribution in [0.5, 0.6) is 5.75 Å². The van der Waals surface area contributed by atoms with Crippen LogP contribution in [0, 0.1) is 10.1 Å². The number of ketones is 1. The molecule has 2 rings (SSSR count). The van der Waals surface area contributed by atoms with Crippen molar-refractivity contribution in [3.63, 3.8) is 0 Å². The number of rotatable bonds is 7. The lowest BCUT2D eigenvalue weighted by molar-refractivity contribution is -0.385. The monoisotopic (exact) mass is 377 g/mol. The largest absolute Gasteiger partial charge is 0.487 e. The number of hydrogen-bond donors (Lipinski definition) is 1. The van der Waals surface area contributed by atoms with Gasteiger partial charge in [0.1, 0.15) is 0 Å². The Morgan fingerprint density at radius 1 is 1.42 bits per heavy atom. The summed E-state index contributed by atoms with van der Waals surface area (Å²) in [6.45, 7) is 8.18. The van der Waals surface area contributed by atoms with E-state index in [1.54, 1.807) is 19.1 Å². The number of nitrogens with one attached hydrogen (secondary N) is 1. The second-order valence-electron chi connectivity index (χ2n) is 6.01. The zero-order valence-corrected chi connectivity index (χ0v) is 16.2. The molecule has 1 atom stereocenters. The predicted molar refractivity (Wildman–Crippen MR) is 103 cm³/mol. The highest BCUT2D eigenvalue weighted by atomic mass is 32.1. The molecule has 26 heavy (non-hydrogen) atoms. The summed E-state index contributed by atoms with van der Waals surface area (Å²) in [5.74, 6) is 0.109. The molecule has 0 saturated carbocycles. The van der Waals surface area contributed by atoms with E-state index in [9.17, 15) is 14.9 Å². The van der Waals surface area contributed by atoms with Crippen LogP contribution in [0.25, 0.3) is 0 Å². The van der Waals surface area contributed by atoms with Crippen LogP contribution in [0.1, 0.15) is 45.7 Å². The van der Waals surface area contributed by atoms with Gasteiger partial charge in [0.05, 0.1) is 17.6 Å². The first-order valence-corrected chi connectivity index (χ1v) is 8.93. The Hall–Kier alpha value is -2.48. The number of Topliss-reactive ketones (excluding diaryl/α,β-unsaturated/α-hetero) is 1. The number of thiocarbonyl (C=S) groups is 1. The lowest BCUT2D eigenvalue weighted by Crippen LogP contribution is -2.47. The Balaban J connectivity index is 2.56. The maximum absolute atomic E-state index is 12.3. The third-order valence-electron chi connectivity index (χ3n) is 4.24. The predicted octanol–water partition coefficient (Wildman–Crippen LogP) is 3.50. The van der Waals surface area contributed by atoms with E-state index in [4.69, 9.17) is 17.0 Å². The molecule has 0 radical (unpaired) electrons. The van der Waals surface area contributed by atoms with Crippen LogP contribution in [-0.2, 0) is 4.79 Å². The number of nitrogens with zero attached hydrogens (tertiary/aromatic N) is 2. The minimum Gasteiger partial charge on any atom is -0.487 e. The summed E-state index contributed by atoms with van der Waals surface area (Å²) in [6, 6.07) is 4.20. The van der Waals surface area contributed by atoms with Crippen LogP contribution in [-0.4, -0.2) is 33.9 Å². The maximum Gasteiger partial charge on any atom is 0.311 e. The van der Waals surface area contributed by atoms with Crippen LogP contribution in [0.4, 0.5) is 5.69 Å². The second-order valence-corrected chi connectivity index (χ2v) is 6.39. The van der Waals surface area contributed by atoms with Crippen molar-refractivity contribution in [2.75, 3.05) is 13.2 Å². The van der Waals surface area contributed by atoms with Gasteiger partial charge in [-0.05, 0) is 51.0 Å². The topological polar surface area (TPSA) is 84.7 Å². The number of hydrogen-bond acceptors (Lipinski definition) is 5.